The Morgan fingerprint density at radius 1 is 0.917 bits per heavy atom. The van der Waals surface area contributed by atoms with Gasteiger partial charge in [0.15, 0.2) is 0 Å². The normalized spacial score (nSPS) is 19.3. The molecule has 0 bridgehead atoms. The van der Waals surface area contributed by atoms with Crippen LogP contribution >= 0.6 is 0 Å². The molecule has 36 heavy (non-hydrogen) atoms. The van der Waals surface area contributed by atoms with Gasteiger partial charge in [-0.2, -0.15) is 4.72 Å². The third-order valence-electron chi connectivity index (χ3n) is 7.00. The first-order valence-corrected chi connectivity index (χ1v) is 13.5. The summed E-state index contributed by atoms with van der Waals surface area (Å²) < 4.78 is 58.3. The summed E-state index contributed by atoms with van der Waals surface area (Å²) in [5.41, 5.74) is 0.913. The van der Waals surface area contributed by atoms with Crippen LogP contribution in [0.5, 0.6) is 0 Å². The molecule has 3 aromatic rings. The summed E-state index contributed by atoms with van der Waals surface area (Å²) in [6.07, 6.45) is 5.75. The quantitative estimate of drug-likeness (QED) is 0.390. The number of fused-ring (bicyclic) bond motifs is 1. The standard InChI is InChI=1S/C27H26F2N2O4S/c28-22-9-5-4-8-18(22)20-14-24-25(15-19(20)17-10-11-23(29)21(13-17)27(32)33)36(34,35)31-26(30-24)12-16-6-2-1-3-7-16/h4-5,8-11,13-16,26,30-31H,1-3,6-7,12H2,(H,32,33). The second-order valence-electron chi connectivity index (χ2n) is 9.43. The Morgan fingerprint density at radius 2 is 1.67 bits per heavy atom. The van der Waals surface area contributed by atoms with Gasteiger partial charge in [0, 0.05) is 5.56 Å². The molecule has 9 heteroatoms. The molecule has 1 aliphatic carbocycles. The van der Waals surface area contributed by atoms with Gasteiger partial charge in [-0.25, -0.2) is 22.0 Å². The van der Waals surface area contributed by atoms with Gasteiger partial charge in [-0.05, 0) is 59.4 Å². The van der Waals surface area contributed by atoms with Gasteiger partial charge >= 0.3 is 5.97 Å². The number of nitrogens with one attached hydrogen (secondary N) is 2. The van der Waals surface area contributed by atoms with Crippen LogP contribution in [0.4, 0.5) is 14.5 Å². The van der Waals surface area contributed by atoms with Crippen LogP contribution in [0, 0.1) is 17.6 Å². The van der Waals surface area contributed by atoms with E-state index in [2.05, 4.69) is 10.0 Å². The molecule has 0 aromatic heterocycles. The lowest BCUT2D eigenvalue weighted by atomic mass is 9.86. The molecule has 1 aliphatic heterocycles. The fourth-order valence-corrected chi connectivity index (χ4v) is 6.58. The highest BCUT2D eigenvalue weighted by Crippen LogP contribution is 2.41. The van der Waals surface area contributed by atoms with Crippen molar-refractivity contribution in [3.05, 3.63) is 71.8 Å². The van der Waals surface area contributed by atoms with E-state index >= 15 is 0 Å². The third-order valence-corrected chi connectivity index (χ3v) is 8.51. The van der Waals surface area contributed by atoms with E-state index in [4.69, 9.17) is 0 Å². The molecule has 3 N–H and O–H groups in total. The van der Waals surface area contributed by atoms with Gasteiger partial charge in [0.25, 0.3) is 0 Å². The first-order chi connectivity index (χ1) is 17.2. The van der Waals surface area contributed by atoms with Crippen LogP contribution in [-0.2, 0) is 10.0 Å². The van der Waals surface area contributed by atoms with Crippen molar-refractivity contribution < 1.29 is 27.1 Å². The SMILES string of the molecule is O=C(O)c1cc(-c2cc3c(cc2-c2ccccc2F)NC(CC2CCCCC2)NS3(=O)=O)ccc1F. The van der Waals surface area contributed by atoms with Crippen molar-refractivity contribution in [3.8, 4) is 22.3 Å². The van der Waals surface area contributed by atoms with Crippen LogP contribution in [0.25, 0.3) is 22.3 Å². The largest absolute Gasteiger partial charge is 0.478 e. The minimum absolute atomic E-state index is 0.0290. The first-order valence-electron chi connectivity index (χ1n) is 12.0. The minimum atomic E-state index is -3.91. The zero-order valence-corrected chi connectivity index (χ0v) is 20.2. The average Bonchev–Trinajstić information content (AvgIpc) is 2.84. The van der Waals surface area contributed by atoms with Crippen LogP contribution in [0.3, 0.4) is 0 Å². The summed E-state index contributed by atoms with van der Waals surface area (Å²) in [4.78, 5) is 11.5. The second-order valence-corrected chi connectivity index (χ2v) is 11.1. The number of carbonyl (C=O) groups is 1. The number of carboxylic acids is 1. The molecule has 0 radical (unpaired) electrons. The number of benzene rings is 3. The minimum Gasteiger partial charge on any atom is -0.478 e. The van der Waals surface area contributed by atoms with Gasteiger partial charge in [0.1, 0.15) is 16.5 Å². The van der Waals surface area contributed by atoms with Crippen molar-refractivity contribution in [2.45, 2.75) is 49.6 Å². The number of aromatic carboxylic acids is 1. The lowest BCUT2D eigenvalue weighted by molar-refractivity contribution is 0.0692. The van der Waals surface area contributed by atoms with E-state index in [1.165, 1.54) is 24.6 Å². The highest BCUT2D eigenvalue weighted by molar-refractivity contribution is 7.89. The maximum atomic E-state index is 14.9. The van der Waals surface area contributed by atoms with Gasteiger partial charge in [-0.15, -0.1) is 0 Å². The fraction of sp³-hybridized carbons (Fsp3) is 0.296. The number of rotatable bonds is 5. The number of hydrogen-bond acceptors (Lipinski definition) is 4. The summed E-state index contributed by atoms with van der Waals surface area (Å²) in [5.74, 6) is -2.48. The Kier molecular flexibility index (Phi) is 6.53. The summed E-state index contributed by atoms with van der Waals surface area (Å²) in [5, 5.41) is 12.7. The summed E-state index contributed by atoms with van der Waals surface area (Å²) in [7, 11) is -3.91. The third kappa shape index (κ3) is 4.73. The predicted molar refractivity (Wildman–Crippen MR) is 133 cm³/mol. The molecule has 0 amide bonds. The molecule has 1 fully saturated rings. The Hall–Kier alpha value is -3.30. The summed E-state index contributed by atoms with van der Waals surface area (Å²) in [6.45, 7) is 0. The van der Waals surface area contributed by atoms with E-state index < -0.39 is 39.4 Å². The van der Waals surface area contributed by atoms with Crippen LogP contribution in [0.2, 0.25) is 0 Å². The highest BCUT2D eigenvalue weighted by Gasteiger charge is 2.33. The maximum Gasteiger partial charge on any atom is 0.338 e. The molecule has 0 spiro atoms. The molecular formula is C27H26F2N2O4S. The van der Waals surface area contributed by atoms with Gasteiger partial charge in [-0.1, -0.05) is 56.4 Å². The van der Waals surface area contributed by atoms with Gasteiger partial charge in [0.2, 0.25) is 10.0 Å². The maximum absolute atomic E-state index is 14.9. The van der Waals surface area contributed by atoms with E-state index in [1.54, 1.807) is 24.3 Å². The smallest absolute Gasteiger partial charge is 0.338 e. The Bertz CT molecular complexity index is 1440. The van der Waals surface area contributed by atoms with E-state index in [0.717, 1.165) is 37.8 Å². The van der Waals surface area contributed by atoms with Crippen LogP contribution in [0.1, 0.15) is 48.9 Å². The molecule has 2 aliphatic rings. The first kappa shape index (κ1) is 24.4. The molecule has 1 heterocycles. The topological polar surface area (TPSA) is 95.5 Å². The molecule has 3 aromatic carbocycles. The van der Waals surface area contributed by atoms with Crippen LogP contribution in [0.15, 0.2) is 59.5 Å². The van der Waals surface area contributed by atoms with E-state index in [1.807, 2.05) is 0 Å². The molecule has 6 nitrogen and oxygen atoms in total. The number of hydrogen-bond donors (Lipinski definition) is 3. The van der Waals surface area contributed by atoms with E-state index in [0.29, 0.717) is 23.6 Å². The molecule has 0 saturated heterocycles. The van der Waals surface area contributed by atoms with Crippen LogP contribution < -0.4 is 10.0 Å². The second kappa shape index (κ2) is 9.63. The number of carboxylic acid groups (broad SMARTS) is 1. The van der Waals surface area contributed by atoms with Crippen molar-refractivity contribution in [1.29, 1.82) is 0 Å². The molecule has 188 valence electrons. The lowest BCUT2D eigenvalue weighted by Crippen LogP contribution is -2.45. The molecule has 1 saturated carbocycles. The number of halogens is 2. The van der Waals surface area contributed by atoms with E-state index in [-0.39, 0.29) is 21.6 Å². The monoisotopic (exact) mass is 512 g/mol. The van der Waals surface area contributed by atoms with Crippen molar-refractivity contribution >= 4 is 21.7 Å². The lowest BCUT2D eigenvalue weighted by Gasteiger charge is -2.32. The fourth-order valence-electron chi connectivity index (χ4n) is 5.24. The highest BCUT2D eigenvalue weighted by atomic mass is 32.2. The zero-order valence-electron chi connectivity index (χ0n) is 19.4. The zero-order chi connectivity index (χ0) is 25.4. The van der Waals surface area contributed by atoms with Crippen molar-refractivity contribution in [2.24, 2.45) is 5.92 Å². The van der Waals surface area contributed by atoms with E-state index in [9.17, 15) is 27.1 Å². The molecule has 1 atom stereocenters. The Labute approximate surface area is 208 Å². The number of anilines is 1. The molecular weight excluding hydrogens is 486 g/mol. The summed E-state index contributed by atoms with van der Waals surface area (Å²) in [6, 6.07) is 12.5. The van der Waals surface area contributed by atoms with Gasteiger partial charge < -0.3 is 10.4 Å². The predicted octanol–water partition coefficient (Wildman–Crippen LogP) is 6.00. The number of sulfonamides is 1. The average molecular weight is 513 g/mol. The van der Waals surface area contributed by atoms with Crippen molar-refractivity contribution in [2.75, 3.05) is 5.32 Å². The molecule has 5 rings (SSSR count). The van der Waals surface area contributed by atoms with Crippen molar-refractivity contribution in [1.82, 2.24) is 4.72 Å². The molecule has 1 unspecified atom stereocenters. The van der Waals surface area contributed by atoms with Gasteiger partial charge in [-0.3, -0.25) is 0 Å². The van der Waals surface area contributed by atoms with Crippen LogP contribution in [-0.4, -0.2) is 25.7 Å². The van der Waals surface area contributed by atoms with Gasteiger partial charge in [0.05, 0.1) is 17.4 Å². The Balaban J connectivity index is 1.65. The Morgan fingerprint density at radius 3 is 2.39 bits per heavy atom. The summed E-state index contributed by atoms with van der Waals surface area (Å²) >= 11 is 0. The van der Waals surface area contributed by atoms with Crippen molar-refractivity contribution in [3.63, 3.8) is 0 Å².